The van der Waals surface area contributed by atoms with E-state index in [0.717, 1.165) is 0 Å². The van der Waals surface area contributed by atoms with E-state index in [9.17, 15) is 13.2 Å². The van der Waals surface area contributed by atoms with E-state index in [1.54, 1.807) is 20.8 Å². The van der Waals surface area contributed by atoms with Crippen molar-refractivity contribution in [2.45, 2.75) is 38.6 Å². The number of aromatic nitrogens is 2. The molecular formula is C10H18N4O3S. The number of carbonyl (C=O) groups excluding carboxylic acids is 1. The number of likely N-dealkylation sites (N-methyl/N-ethyl adjacent to an activating group) is 1. The fourth-order valence-corrected chi connectivity index (χ4v) is 3.18. The van der Waals surface area contributed by atoms with Crippen LogP contribution in [0.4, 0.5) is 0 Å². The molecule has 102 valence electrons. The molecule has 0 radical (unpaired) electrons. The minimum absolute atomic E-state index is 0.0960. The maximum Gasteiger partial charge on any atom is 0.244 e. The Labute approximate surface area is 106 Å². The van der Waals surface area contributed by atoms with Crippen molar-refractivity contribution in [3.05, 3.63) is 11.4 Å². The van der Waals surface area contributed by atoms with Crippen LogP contribution >= 0.6 is 0 Å². The molecule has 0 saturated carbocycles. The molecule has 1 aromatic heterocycles. The summed E-state index contributed by atoms with van der Waals surface area (Å²) >= 11 is 0. The lowest BCUT2D eigenvalue weighted by molar-refractivity contribution is -0.122. The molecule has 0 aliphatic heterocycles. The predicted molar refractivity (Wildman–Crippen MR) is 66.5 cm³/mol. The third kappa shape index (κ3) is 3.08. The maximum atomic E-state index is 12.1. The van der Waals surface area contributed by atoms with Gasteiger partial charge in [0.2, 0.25) is 15.9 Å². The highest BCUT2D eigenvalue weighted by molar-refractivity contribution is 7.89. The Hall–Kier alpha value is -1.41. The fourth-order valence-electron chi connectivity index (χ4n) is 1.61. The summed E-state index contributed by atoms with van der Waals surface area (Å²) in [5.41, 5.74) is 0.825. The van der Waals surface area contributed by atoms with E-state index in [0.29, 0.717) is 17.9 Å². The summed E-state index contributed by atoms with van der Waals surface area (Å²) in [7, 11) is -3.75. The first kappa shape index (κ1) is 14.7. The zero-order valence-electron chi connectivity index (χ0n) is 10.9. The van der Waals surface area contributed by atoms with Crippen molar-refractivity contribution in [3.63, 3.8) is 0 Å². The molecule has 1 unspecified atom stereocenters. The number of hydrogen-bond acceptors (Lipinski definition) is 4. The minimum atomic E-state index is -3.75. The van der Waals surface area contributed by atoms with Gasteiger partial charge in [-0.25, -0.2) is 8.42 Å². The normalized spacial score (nSPS) is 13.3. The van der Waals surface area contributed by atoms with Crippen LogP contribution in [0.3, 0.4) is 0 Å². The van der Waals surface area contributed by atoms with Crippen LogP contribution in [0.25, 0.3) is 0 Å². The zero-order chi connectivity index (χ0) is 13.9. The molecular weight excluding hydrogens is 256 g/mol. The van der Waals surface area contributed by atoms with Gasteiger partial charge in [0.1, 0.15) is 4.90 Å². The molecule has 7 nitrogen and oxygen atoms in total. The van der Waals surface area contributed by atoms with Gasteiger partial charge in [0.15, 0.2) is 0 Å². The molecule has 1 aromatic rings. The second-order valence-corrected chi connectivity index (χ2v) is 5.65. The summed E-state index contributed by atoms with van der Waals surface area (Å²) in [6.07, 6.45) is 0. The molecule has 1 atom stereocenters. The molecule has 1 amide bonds. The Morgan fingerprint density at radius 1 is 1.44 bits per heavy atom. The quantitative estimate of drug-likeness (QED) is 0.693. The molecule has 0 aliphatic rings. The average Bonchev–Trinajstić information content (AvgIpc) is 2.58. The lowest BCUT2D eigenvalue weighted by atomic mass is 10.3. The van der Waals surface area contributed by atoms with Crippen LogP contribution in [-0.2, 0) is 14.8 Å². The van der Waals surface area contributed by atoms with E-state index in [-0.39, 0.29) is 10.8 Å². The number of carbonyl (C=O) groups is 1. The summed E-state index contributed by atoms with van der Waals surface area (Å²) in [6, 6.07) is -0.830. The smallest absolute Gasteiger partial charge is 0.244 e. The molecule has 0 spiro atoms. The van der Waals surface area contributed by atoms with E-state index < -0.39 is 16.1 Å². The van der Waals surface area contributed by atoms with Gasteiger partial charge in [0.05, 0.1) is 17.4 Å². The Morgan fingerprint density at radius 2 is 2.06 bits per heavy atom. The fraction of sp³-hybridized carbons (Fsp3) is 0.600. The molecule has 0 aliphatic carbocycles. The van der Waals surface area contributed by atoms with Crippen molar-refractivity contribution >= 4 is 15.9 Å². The van der Waals surface area contributed by atoms with E-state index >= 15 is 0 Å². The second kappa shape index (κ2) is 5.49. The van der Waals surface area contributed by atoms with Gasteiger partial charge in [-0.3, -0.25) is 9.89 Å². The standard InChI is InChI=1S/C10H18N4O3S/c1-5-11-10(15)8(4)14-18(16,17)9-6(2)12-13-7(9)3/h8,14H,5H2,1-4H3,(H,11,15)(H,12,13). The predicted octanol–water partition coefficient (Wildman–Crippen LogP) is -0.171. The van der Waals surface area contributed by atoms with E-state index in [1.807, 2.05) is 0 Å². The van der Waals surface area contributed by atoms with Crippen LogP contribution in [0.2, 0.25) is 0 Å². The summed E-state index contributed by atoms with van der Waals surface area (Å²) in [6.45, 7) is 6.92. The Bertz CT molecular complexity index is 516. The summed E-state index contributed by atoms with van der Waals surface area (Å²) in [5, 5.41) is 8.98. The van der Waals surface area contributed by atoms with Gasteiger partial charge in [0.25, 0.3) is 0 Å². The highest BCUT2D eigenvalue weighted by Crippen LogP contribution is 2.16. The van der Waals surface area contributed by atoms with Crippen molar-refractivity contribution in [1.82, 2.24) is 20.2 Å². The van der Waals surface area contributed by atoms with Gasteiger partial charge in [0, 0.05) is 6.54 Å². The number of rotatable bonds is 5. The third-order valence-electron chi connectivity index (χ3n) is 2.41. The number of sulfonamides is 1. The first-order chi connectivity index (χ1) is 8.29. The van der Waals surface area contributed by atoms with E-state index in [2.05, 4.69) is 20.2 Å². The molecule has 8 heteroatoms. The van der Waals surface area contributed by atoms with Gasteiger partial charge >= 0.3 is 0 Å². The third-order valence-corrected chi connectivity index (χ3v) is 4.21. The molecule has 1 rings (SSSR count). The van der Waals surface area contributed by atoms with Crippen molar-refractivity contribution in [2.24, 2.45) is 0 Å². The van der Waals surface area contributed by atoms with Crippen LogP contribution in [-0.4, -0.2) is 37.1 Å². The van der Waals surface area contributed by atoms with Crippen LogP contribution in [0.1, 0.15) is 25.2 Å². The molecule has 1 heterocycles. The van der Waals surface area contributed by atoms with Crippen LogP contribution in [0, 0.1) is 13.8 Å². The van der Waals surface area contributed by atoms with Gasteiger partial charge in [-0.2, -0.15) is 9.82 Å². The Balaban J connectivity index is 2.93. The van der Waals surface area contributed by atoms with Crippen molar-refractivity contribution < 1.29 is 13.2 Å². The number of amides is 1. The van der Waals surface area contributed by atoms with Crippen molar-refractivity contribution in [2.75, 3.05) is 6.54 Å². The highest BCUT2D eigenvalue weighted by Gasteiger charge is 2.26. The number of hydrogen-bond donors (Lipinski definition) is 3. The van der Waals surface area contributed by atoms with Crippen LogP contribution in [0.5, 0.6) is 0 Å². The lowest BCUT2D eigenvalue weighted by Crippen LogP contribution is -2.44. The number of nitrogens with zero attached hydrogens (tertiary/aromatic N) is 1. The van der Waals surface area contributed by atoms with E-state index in [1.165, 1.54) is 6.92 Å². The Kier molecular flexibility index (Phi) is 4.47. The zero-order valence-corrected chi connectivity index (χ0v) is 11.7. The molecule has 0 bridgehead atoms. The maximum absolute atomic E-state index is 12.1. The van der Waals surface area contributed by atoms with Gasteiger partial charge in [-0.1, -0.05) is 0 Å². The molecule has 0 fully saturated rings. The van der Waals surface area contributed by atoms with E-state index in [4.69, 9.17) is 0 Å². The molecule has 18 heavy (non-hydrogen) atoms. The number of nitrogens with one attached hydrogen (secondary N) is 3. The molecule has 0 saturated heterocycles. The van der Waals surface area contributed by atoms with Crippen LogP contribution < -0.4 is 10.0 Å². The molecule has 3 N–H and O–H groups in total. The second-order valence-electron chi connectivity index (χ2n) is 4.00. The first-order valence-corrected chi connectivity index (χ1v) is 7.09. The topological polar surface area (TPSA) is 104 Å². The van der Waals surface area contributed by atoms with Crippen molar-refractivity contribution in [3.8, 4) is 0 Å². The monoisotopic (exact) mass is 274 g/mol. The highest BCUT2D eigenvalue weighted by atomic mass is 32.2. The van der Waals surface area contributed by atoms with Crippen LogP contribution in [0.15, 0.2) is 4.90 Å². The lowest BCUT2D eigenvalue weighted by Gasteiger charge is -2.13. The minimum Gasteiger partial charge on any atom is -0.355 e. The summed E-state index contributed by atoms with van der Waals surface area (Å²) in [5.74, 6) is -0.361. The first-order valence-electron chi connectivity index (χ1n) is 5.61. The van der Waals surface area contributed by atoms with Crippen molar-refractivity contribution in [1.29, 1.82) is 0 Å². The number of aryl methyl sites for hydroxylation is 2. The SMILES string of the molecule is CCNC(=O)C(C)NS(=O)(=O)c1c(C)n[nH]c1C. The van der Waals surface area contributed by atoms with Gasteiger partial charge < -0.3 is 5.32 Å². The summed E-state index contributed by atoms with van der Waals surface area (Å²) in [4.78, 5) is 11.6. The molecule has 0 aromatic carbocycles. The Morgan fingerprint density at radius 3 is 2.50 bits per heavy atom. The number of aromatic amines is 1. The largest absolute Gasteiger partial charge is 0.355 e. The van der Waals surface area contributed by atoms with Gasteiger partial charge in [-0.15, -0.1) is 0 Å². The van der Waals surface area contributed by atoms with Gasteiger partial charge in [-0.05, 0) is 27.7 Å². The number of H-pyrrole nitrogens is 1. The average molecular weight is 274 g/mol. The summed E-state index contributed by atoms with van der Waals surface area (Å²) < 4.78 is 26.5.